The van der Waals surface area contributed by atoms with Crippen molar-refractivity contribution in [3.8, 4) is 0 Å². The van der Waals surface area contributed by atoms with Crippen molar-refractivity contribution in [3.05, 3.63) is 29.8 Å². The molecule has 0 unspecified atom stereocenters. The lowest BCUT2D eigenvalue weighted by molar-refractivity contribution is -0.126. The Hall–Kier alpha value is -2.08. The van der Waals surface area contributed by atoms with Crippen molar-refractivity contribution in [2.24, 2.45) is 17.6 Å². The van der Waals surface area contributed by atoms with E-state index in [1.807, 2.05) is 24.3 Å². The molecule has 0 radical (unpaired) electrons. The zero-order chi connectivity index (χ0) is 16.8. The molecular formula is C17H26N4O2. The van der Waals surface area contributed by atoms with Gasteiger partial charge in [-0.05, 0) is 43.0 Å². The maximum Gasteiger partial charge on any atom is 0.321 e. The van der Waals surface area contributed by atoms with Gasteiger partial charge in [0, 0.05) is 32.2 Å². The fourth-order valence-corrected chi connectivity index (χ4v) is 2.98. The molecular weight excluding hydrogens is 292 g/mol. The SMILES string of the molecule is CN(C)C(=O)Nc1cccc(CNC(=O)[C@@H]2CCC[C@@H]2CN)c1. The van der Waals surface area contributed by atoms with Crippen LogP contribution in [0.3, 0.4) is 0 Å². The number of carbonyl (C=O) groups is 2. The number of rotatable bonds is 5. The fraction of sp³-hybridized carbons (Fsp3) is 0.529. The standard InChI is InChI=1S/C17H26N4O2/c1-21(2)17(23)20-14-7-3-5-12(9-14)11-19-16(22)15-8-4-6-13(15)10-18/h3,5,7,9,13,15H,4,6,8,10-11,18H2,1-2H3,(H,19,22)(H,20,23)/t13-,15-/m1/s1. The van der Waals surface area contributed by atoms with Crippen molar-refractivity contribution in [3.63, 3.8) is 0 Å². The summed E-state index contributed by atoms with van der Waals surface area (Å²) in [5.74, 6) is 0.429. The van der Waals surface area contributed by atoms with E-state index in [1.165, 1.54) is 4.90 Å². The normalized spacial score (nSPS) is 20.1. The molecule has 0 aliphatic heterocycles. The summed E-state index contributed by atoms with van der Waals surface area (Å²) in [6, 6.07) is 7.32. The molecule has 1 aliphatic carbocycles. The van der Waals surface area contributed by atoms with Gasteiger partial charge in [-0.25, -0.2) is 4.79 Å². The molecule has 1 saturated carbocycles. The molecule has 1 aromatic carbocycles. The minimum absolute atomic E-state index is 0.0385. The molecule has 2 rings (SSSR count). The number of hydrogen-bond acceptors (Lipinski definition) is 3. The summed E-state index contributed by atoms with van der Waals surface area (Å²) < 4.78 is 0. The van der Waals surface area contributed by atoms with E-state index in [-0.39, 0.29) is 17.9 Å². The van der Waals surface area contributed by atoms with Crippen LogP contribution in [0, 0.1) is 11.8 Å². The summed E-state index contributed by atoms with van der Waals surface area (Å²) in [6.07, 6.45) is 3.04. The van der Waals surface area contributed by atoms with Crippen LogP contribution >= 0.6 is 0 Å². The number of nitrogens with zero attached hydrogens (tertiary/aromatic N) is 1. The zero-order valence-corrected chi connectivity index (χ0v) is 13.8. The average Bonchev–Trinajstić information content (AvgIpc) is 3.01. The van der Waals surface area contributed by atoms with Crippen molar-refractivity contribution in [1.82, 2.24) is 10.2 Å². The quantitative estimate of drug-likeness (QED) is 0.773. The molecule has 0 spiro atoms. The van der Waals surface area contributed by atoms with Gasteiger partial charge in [-0.1, -0.05) is 18.6 Å². The molecule has 0 aromatic heterocycles. The van der Waals surface area contributed by atoms with Gasteiger partial charge < -0.3 is 21.3 Å². The largest absolute Gasteiger partial charge is 0.352 e. The number of benzene rings is 1. The lowest BCUT2D eigenvalue weighted by Gasteiger charge is -2.17. The van der Waals surface area contributed by atoms with Crippen LogP contribution in [0.15, 0.2) is 24.3 Å². The Morgan fingerprint density at radius 3 is 2.78 bits per heavy atom. The van der Waals surface area contributed by atoms with E-state index in [0.717, 1.165) is 30.5 Å². The second-order valence-electron chi connectivity index (χ2n) is 6.28. The van der Waals surface area contributed by atoms with Gasteiger partial charge in [0.15, 0.2) is 0 Å². The molecule has 0 heterocycles. The molecule has 1 aromatic rings. The van der Waals surface area contributed by atoms with E-state index in [9.17, 15) is 9.59 Å². The number of urea groups is 1. The van der Waals surface area contributed by atoms with Gasteiger partial charge in [0.2, 0.25) is 5.91 Å². The third-order valence-corrected chi connectivity index (χ3v) is 4.35. The highest BCUT2D eigenvalue weighted by Gasteiger charge is 2.31. The lowest BCUT2D eigenvalue weighted by atomic mass is 9.95. The average molecular weight is 318 g/mol. The summed E-state index contributed by atoms with van der Waals surface area (Å²) in [4.78, 5) is 25.4. The number of hydrogen-bond donors (Lipinski definition) is 3. The predicted octanol–water partition coefficient (Wildman–Crippen LogP) is 1.77. The first kappa shape index (κ1) is 17.3. The highest BCUT2D eigenvalue weighted by molar-refractivity contribution is 5.89. The number of nitrogens with one attached hydrogen (secondary N) is 2. The van der Waals surface area contributed by atoms with Crippen LogP contribution in [0.2, 0.25) is 0 Å². The minimum Gasteiger partial charge on any atom is -0.352 e. The van der Waals surface area contributed by atoms with Crippen LogP contribution in [0.4, 0.5) is 10.5 Å². The Bertz CT molecular complexity index is 559. The Morgan fingerprint density at radius 2 is 2.09 bits per heavy atom. The van der Waals surface area contributed by atoms with Crippen molar-refractivity contribution < 1.29 is 9.59 Å². The van der Waals surface area contributed by atoms with Crippen LogP contribution in [0.1, 0.15) is 24.8 Å². The molecule has 0 bridgehead atoms. The first-order valence-corrected chi connectivity index (χ1v) is 8.06. The van der Waals surface area contributed by atoms with Gasteiger partial charge in [0.1, 0.15) is 0 Å². The van der Waals surface area contributed by atoms with Gasteiger partial charge in [-0.3, -0.25) is 4.79 Å². The number of anilines is 1. The number of amides is 3. The van der Waals surface area contributed by atoms with E-state index >= 15 is 0 Å². The molecule has 2 atom stereocenters. The summed E-state index contributed by atoms with van der Waals surface area (Å²) >= 11 is 0. The zero-order valence-electron chi connectivity index (χ0n) is 13.8. The third-order valence-electron chi connectivity index (χ3n) is 4.35. The molecule has 6 heteroatoms. The van der Waals surface area contributed by atoms with Crippen LogP contribution in [0.5, 0.6) is 0 Å². The van der Waals surface area contributed by atoms with Gasteiger partial charge in [0.25, 0.3) is 0 Å². The smallest absolute Gasteiger partial charge is 0.321 e. The van der Waals surface area contributed by atoms with Crippen molar-refractivity contribution in [1.29, 1.82) is 0 Å². The minimum atomic E-state index is -0.178. The van der Waals surface area contributed by atoms with Crippen LogP contribution in [0.25, 0.3) is 0 Å². The van der Waals surface area contributed by atoms with Crippen molar-refractivity contribution >= 4 is 17.6 Å². The molecule has 6 nitrogen and oxygen atoms in total. The maximum atomic E-state index is 12.3. The van der Waals surface area contributed by atoms with E-state index in [1.54, 1.807) is 14.1 Å². The molecule has 0 saturated heterocycles. The molecule has 126 valence electrons. The second-order valence-corrected chi connectivity index (χ2v) is 6.28. The van der Waals surface area contributed by atoms with E-state index in [2.05, 4.69) is 10.6 Å². The summed E-state index contributed by atoms with van der Waals surface area (Å²) in [7, 11) is 3.38. The summed E-state index contributed by atoms with van der Waals surface area (Å²) in [6.45, 7) is 1.03. The van der Waals surface area contributed by atoms with E-state index in [4.69, 9.17) is 5.73 Å². The Morgan fingerprint density at radius 1 is 1.30 bits per heavy atom. The Kier molecular flexibility index (Phi) is 5.98. The first-order chi connectivity index (χ1) is 11.0. The van der Waals surface area contributed by atoms with Crippen molar-refractivity contribution in [2.45, 2.75) is 25.8 Å². The summed E-state index contributed by atoms with van der Waals surface area (Å²) in [5.41, 5.74) is 7.41. The fourth-order valence-electron chi connectivity index (χ4n) is 2.98. The van der Waals surface area contributed by atoms with Gasteiger partial charge in [0.05, 0.1) is 0 Å². The van der Waals surface area contributed by atoms with E-state index in [0.29, 0.717) is 19.0 Å². The molecule has 1 aliphatic rings. The number of carbonyl (C=O) groups excluding carboxylic acids is 2. The molecule has 4 N–H and O–H groups in total. The maximum absolute atomic E-state index is 12.3. The van der Waals surface area contributed by atoms with Crippen LogP contribution in [-0.4, -0.2) is 37.5 Å². The van der Waals surface area contributed by atoms with Gasteiger partial charge >= 0.3 is 6.03 Å². The van der Waals surface area contributed by atoms with Crippen molar-refractivity contribution in [2.75, 3.05) is 26.0 Å². The third kappa shape index (κ3) is 4.69. The monoisotopic (exact) mass is 318 g/mol. The molecule has 23 heavy (non-hydrogen) atoms. The van der Waals surface area contributed by atoms with Crippen LogP contribution < -0.4 is 16.4 Å². The lowest BCUT2D eigenvalue weighted by Crippen LogP contribution is -2.34. The van der Waals surface area contributed by atoms with Gasteiger partial charge in [-0.15, -0.1) is 0 Å². The first-order valence-electron chi connectivity index (χ1n) is 8.06. The van der Waals surface area contributed by atoms with Crippen LogP contribution in [-0.2, 0) is 11.3 Å². The molecule has 3 amide bonds. The topological polar surface area (TPSA) is 87.5 Å². The molecule has 1 fully saturated rings. The van der Waals surface area contributed by atoms with E-state index < -0.39 is 0 Å². The Labute approximate surface area is 137 Å². The number of nitrogens with two attached hydrogens (primary N) is 1. The summed E-state index contributed by atoms with van der Waals surface area (Å²) in [5, 5.41) is 5.79. The second kappa shape index (κ2) is 7.97. The Balaban J connectivity index is 1.90. The predicted molar refractivity (Wildman–Crippen MR) is 90.9 cm³/mol. The van der Waals surface area contributed by atoms with Gasteiger partial charge in [-0.2, -0.15) is 0 Å². The highest BCUT2D eigenvalue weighted by atomic mass is 16.2. The highest BCUT2D eigenvalue weighted by Crippen LogP contribution is 2.31.